The lowest BCUT2D eigenvalue weighted by Gasteiger charge is -2.41. The van der Waals surface area contributed by atoms with Gasteiger partial charge in [0, 0.05) is 32.7 Å². The molecule has 2 aliphatic rings. The Labute approximate surface area is 187 Å². The van der Waals surface area contributed by atoms with Crippen molar-refractivity contribution >= 4 is 29.5 Å². The van der Waals surface area contributed by atoms with Crippen molar-refractivity contribution in [3.63, 3.8) is 0 Å². The van der Waals surface area contributed by atoms with E-state index in [2.05, 4.69) is 0 Å². The Balaban J connectivity index is 1.62. The fourth-order valence-electron chi connectivity index (χ4n) is 3.90. The Morgan fingerprint density at radius 2 is 1.68 bits per heavy atom. The summed E-state index contributed by atoms with van der Waals surface area (Å²) >= 11 is 6.01. The molecule has 2 fully saturated rings. The summed E-state index contributed by atoms with van der Waals surface area (Å²) < 4.78 is 18.7. The van der Waals surface area contributed by atoms with Gasteiger partial charge in [0.25, 0.3) is 5.91 Å². The number of amides is 3. The Morgan fingerprint density at radius 1 is 1.03 bits per heavy atom. The van der Waals surface area contributed by atoms with Crippen LogP contribution in [-0.4, -0.2) is 77.0 Å². The molecule has 2 aliphatic heterocycles. The molecule has 0 aromatic heterocycles. The maximum Gasteiger partial charge on any atom is 0.410 e. The summed E-state index contributed by atoms with van der Waals surface area (Å²) in [7, 11) is 0. The highest BCUT2D eigenvalue weighted by Gasteiger charge is 2.38. The van der Waals surface area contributed by atoms with Gasteiger partial charge < -0.3 is 14.5 Å². The number of likely N-dealkylation sites (tertiary alicyclic amines) is 1. The quantitative estimate of drug-likeness (QED) is 0.686. The molecule has 31 heavy (non-hydrogen) atoms. The van der Waals surface area contributed by atoms with Gasteiger partial charge >= 0.3 is 6.09 Å². The van der Waals surface area contributed by atoms with Crippen LogP contribution in [0.1, 0.15) is 50.4 Å². The summed E-state index contributed by atoms with van der Waals surface area (Å²) in [5, 5.41) is 0.0683. The highest BCUT2D eigenvalue weighted by atomic mass is 35.5. The molecule has 0 spiro atoms. The average Bonchev–Trinajstić information content (AvgIpc) is 2.72. The van der Waals surface area contributed by atoms with Crippen molar-refractivity contribution in [2.45, 2.75) is 51.7 Å². The molecular weight excluding hydrogens is 425 g/mol. The minimum Gasteiger partial charge on any atom is -0.444 e. The van der Waals surface area contributed by atoms with E-state index in [1.54, 1.807) is 30.6 Å². The number of ether oxygens (including phenoxy) is 1. The molecule has 7 nitrogen and oxygen atoms in total. The van der Waals surface area contributed by atoms with Crippen LogP contribution in [0.25, 0.3) is 0 Å². The second-order valence-electron chi connectivity index (χ2n) is 8.93. The molecule has 0 N–H and O–H groups in total. The smallest absolute Gasteiger partial charge is 0.410 e. The zero-order chi connectivity index (χ0) is 22.8. The second-order valence-corrected chi connectivity index (χ2v) is 9.33. The molecule has 0 saturated carbocycles. The van der Waals surface area contributed by atoms with Gasteiger partial charge in [-0.2, -0.15) is 0 Å². The van der Waals surface area contributed by atoms with Crippen molar-refractivity contribution in [2.75, 3.05) is 32.7 Å². The van der Waals surface area contributed by atoms with Gasteiger partial charge in [0.15, 0.2) is 0 Å². The molecular formula is C22H29ClFN3O4. The lowest BCUT2D eigenvalue weighted by Crippen LogP contribution is -2.58. The first-order valence-corrected chi connectivity index (χ1v) is 11.0. The summed E-state index contributed by atoms with van der Waals surface area (Å²) in [5.41, 5.74) is -0.387. The fourth-order valence-corrected chi connectivity index (χ4v) is 4.15. The summed E-state index contributed by atoms with van der Waals surface area (Å²) in [6.07, 6.45) is 1.84. The Bertz CT molecular complexity index is 850. The molecule has 1 unspecified atom stereocenters. The maximum absolute atomic E-state index is 13.3. The number of piperazine rings is 1. The van der Waals surface area contributed by atoms with Gasteiger partial charge in [0.1, 0.15) is 17.5 Å². The first kappa shape index (κ1) is 23.3. The Kier molecular flexibility index (Phi) is 7.09. The second kappa shape index (κ2) is 9.42. The lowest BCUT2D eigenvalue weighted by molar-refractivity contribution is -0.139. The van der Waals surface area contributed by atoms with Gasteiger partial charge in [-0.3, -0.25) is 14.5 Å². The molecule has 0 bridgehead atoms. The predicted molar refractivity (Wildman–Crippen MR) is 114 cm³/mol. The molecule has 2 saturated heterocycles. The standard InChI is InChI=1S/C22H29ClFN3O4/c1-22(2,3)31-21(30)27-9-5-4-6-18(27)20(29)26-12-10-25(11-13-26)19(28)16-8-7-15(24)14-17(16)23/h7-8,14,18H,4-6,9-13H2,1-3H3. The van der Waals surface area contributed by atoms with E-state index in [1.807, 2.05) is 0 Å². The topological polar surface area (TPSA) is 70.2 Å². The molecule has 3 amide bonds. The predicted octanol–water partition coefficient (Wildman–Crippen LogP) is 3.55. The van der Waals surface area contributed by atoms with Crippen LogP contribution in [0.3, 0.4) is 0 Å². The van der Waals surface area contributed by atoms with Crippen molar-refractivity contribution in [1.29, 1.82) is 0 Å². The van der Waals surface area contributed by atoms with Gasteiger partial charge in [-0.05, 0) is 58.2 Å². The summed E-state index contributed by atoms with van der Waals surface area (Å²) in [4.78, 5) is 43.4. The number of rotatable bonds is 2. The number of piperidine rings is 1. The van der Waals surface area contributed by atoms with Crippen LogP contribution in [-0.2, 0) is 9.53 Å². The molecule has 2 heterocycles. The van der Waals surface area contributed by atoms with E-state index in [0.29, 0.717) is 39.1 Å². The fraction of sp³-hybridized carbons (Fsp3) is 0.591. The van der Waals surface area contributed by atoms with Crippen LogP contribution in [0.5, 0.6) is 0 Å². The van der Waals surface area contributed by atoms with Crippen LogP contribution < -0.4 is 0 Å². The van der Waals surface area contributed by atoms with E-state index in [4.69, 9.17) is 16.3 Å². The van der Waals surface area contributed by atoms with E-state index in [-0.39, 0.29) is 22.4 Å². The molecule has 1 atom stereocenters. The van der Waals surface area contributed by atoms with Crippen LogP contribution in [0.4, 0.5) is 9.18 Å². The molecule has 9 heteroatoms. The SMILES string of the molecule is CC(C)(C)OC(=O)N1CCCCC1C(=O)N1CCN(C(=O)c2ccc(F)cc2Cl)CC1. The molecule has 0 aliphatic carbocycles. The highest BCUT2D eigenvalue weighted by molar-refractivity contribution is 6.33. The highest BCUT2D eigenvalue weighted by Crippen LogP contribution is 2.24. The monoisotopic (exact) mass is 453 g/mol. The number of nitrogens with zero attached hydrogens (tertiary/aromatic N) is 3. The van der Waals surface area contributed by atoms with Gasteiger partial charge in [-0.15, -0.1) is 0 Å². The third-order valence-electron chi connectivity index (χ3n) is 5.46. The largest absolute Gasteiger partial charge is 0.444 e. The van der Waals surface area contributed by atoms with Crippen molar-refractivity contribution in [1.82, 2.24) is 14.7 Å². The van der Waals surface area contributed by atoms with Crippen molar-refractivity contribution in [3.05, 3.63) is 34.6 Å². The molecule has 1 aromatic rings. The van der Waals surface area contributed by atoms with Crippen LogP contribution in [0.2, 0.25) is 5.02 Å². The molecule has 0 radical (unpaired) electrons. The van der Waals surface area contributed by atoms with Gasteiger partial charge in [0.05, 0.1) is 10.6 Å². The number of carbonyl (C=O) groups excluding carboxylic acids is 3. The van der Waals surface area contributed by atoms with Gasteiger partial charge in [0.2, 0.25) is 5.91 Å². The van der Waals surface area contributed by atoms with Gasteiger partial charge in [-0.25, -0.2) is 9.18 Å². The van der Waals surface area contributed by atoms with E-state index >= 15 is 0 Å². The first-order valence-electron chi connectivity index (χ1n) is 10.6. The first-order chi connectivity index (χ1) is 14.6. The lowest BCUT2D eigenvalue weighted by atomic mass is 10.0. The minimum absolute atomic E-state index is 0.0683. The number of hydrogen-bond donors (Lipinski definition) is 0. The van der Waals surface area contributed by atoms with E-state index in [1.165, 1.54) is 17.0 Å². The van der Waals surface area contributed by atoms with Crippen molar-refractivity contribution < 1.29 is 23.5 Å². The summed E-state index contributed by atoms with van der Waals surface area (Å²) in [5.74, 6) is -0.901. The third-order valence-corrected chi connectivity index (χ3v) is 5.77. The minimum atomic E-state index is -0.629. The van der Waals surface area contributed by atoms with E-state index in [0.717, 1.165) is 18.9 Å². The number of halogens is 2. The third kappa shape index (κ3) is 5.67. The molecule has 3 rings (SSSR count). The zero-order valence-corrected chi connectivity index (χ0v) is 19.0. The number of hydrogen-bond acceptors (Lipinski definition) is 4. The van der Waals surface area contributed by atoms with Crippen LogP contribution >= 0.6 is 11.6 Å². The Hall–Kier alpha value is -2.35. The van der Waals surface area contributed by atoms with E-state index in [9.17, 15) is 18.8 Å². The average molecular weight is 454 g/mol. The van der Waals surface area contributed by atoms with Crippen molar-refractivity contribution in [3.8, 4) is 0 Å². The number of benzene rings is 1. The number of carbonyl (C=O) groups is 3. The summed E-state index contributed by atoms with van der Waals surface area (Å²) in [6, 6.07) is 3.14. The Morgan fingerprint density at radius 3 is 2.29 bits per heavy atom. The van der Waals surface area contributed by atoms with Crippen LogP contribution in [0, 0.1) is 5.82 Å². The van der Waals surface area contributed by atoms with Crippen LogP contribution in [0.15, 0.2) is 18.2 Å². The molecule has 1 aromatic carbocycles. The molecule has 170 valence electrons. The van der Waals surface area contributed by atoms with Gasteiger partial charge in [-0.1, -0.05) is 11.6 Å². The zero-order valence-electron chi connectivity index (χ0n) is 18.2. The summed E-state index contributed by atoms with van der Waals surface area (Å²) in [6.45, 7) is 7.31. The van der Waals surface area contributed by atoms with Crippen molar-refractivity contribution in [2.24, 2.45) is 0 Å². The van der Waals surface area contributed by atoms with E-state index < -0.39 is 23.6 Å². The maximum atomic E-state index is 13.3. The normalized spacial score (nSPS) is 19.9.